The molecule has 0 saturated carbocycles. The van der Waals surface area contributed by atoms with E-state index in [9.17, 15) is 70.6 Å². The first-order chi connectivity index (χ1) is 25.4. The van der Waals surface area contributed by atoms with E-state index in [1.165, 1.54) is 0 Å². The molecule has 4 aliphatic heterocycles. The first-order valence-corrected chi connectivity index (χ1v) is 17.1. The van der Waals surface area contributed by atoms with Gasteiger partial charge in [-0.25, -0.2) is 0 Å². The van der Waals surface area contributed by atoms with Gasteiger partial charge < -0.3 is 105 Å². The normalized spacial score (nSPS) is 45.7. The largest absolute Gasteiger partial charge is 0.394 e. The lowest BCUT2D eigenvalue weighted by atomic mass is 9.94. The number of aliphatic hydroxyl groups excluding tert-OH is 11. The zero-order chi connectivity index (χ0) is 40.2. The fourth-order valence-corrected chi connectivity index (χ4v) is 6.65. The smallest absolute Gasteiger partial charge is 0.217 e. The Bertz CT molecular complexity index is 1250. The first kappa shape index (κ1) is 44.4. The number of ether oxygens (including phenoxy) is 7. The molecule has 24 heteroatoms. The predicted octanol–water partition coefficient (Wildman–Crippen LogP) is -9.32. The summed E-state index contributed by atoms with van der Waals surface area (Å²) < 4.78 is 39.8. The minimum Gasteiger partial charge on any atom is -0.394 e. The maximum absolute atomic E-state index is 12.4. The summed E-state index contributed by atoms with van der Waals surface area (Å²) in [4.78, 5) is 36.4. The maximum Gasteiger partial charge on any atom is 0.217 e. The second-order valence-corrected chi connectivity index (χ2v) is 13.4. The second kappa shape index (κ2) is 19.2. The molecular weight excluding hydrogens is 738 g/mol. The summed E-state index contributed by atoms with van der Waals surface area (Å²) in [5.41, 5.74) is 0. The fraction of sp³-hybridized carbons (Fsp3) is 0.900. The summed E-state index contributed by atoms with van der Waals surface area (Å²) in [7, 11) is 0. The fourth-order valence-electron chi connectivity index (χ4n) is 6.65. The van der Waals surface area contributed by atoms with Crippen molar-refractivity contribution in [2.45, 2.75) is 143 Å². The quantitative estimate of drug-likeness (QED) is 0.0823. The van der Waals surface area contributed by atoms with Crippen LogP contribution in [0.1, 0.15) is 20.8 Å². The molecule has 54 heavy (non-hydrogen) atoms. The Balaban J connectivity index is 1.58. The molecule has 312 valence electrons. The molecule has 0 aromatic carbocycles. The van der Waals surface area contributed by atoms with Crippen molar-refractivity contribution in [1.29, 1.82) is 0 Å². The van der Waals surface area contributed by atoms with E-state index in [2.05, 4.69) is 16.0 Å². The van der Waals surface area contributed by atoms with Gasteiger partial charge in [-0.1, -0.05) is 0 Å². The SMILES string of the molecule is CC(=O)N[C@@H]1[C@@H](O[C@@H]2O[C@H](CO)[C@H](O)[C@H](O)[C@H]2O)[C@@H](O)[C@@H](CO[C@@H]2O[C@H](CO)[C@@H](O)[C@H](O[C@@H]3O[C@H](CO)[C@H](O)[C@H](O)[C@H]3NC(C)=O)[C@H]2NC(C)=O)O[C@@H]1O. The number of carbonyl (C=O) groups is 3. The minimum absolute atomic E-state index is 0.686. The lowest BCUT2D eigenvalue weighted by molar-refractivity contribution is -0.349. The van der Waals surface area contributed by atoms with Crippen molar-refractivity contribution >= 4 is 17.7 Å². The van der Waals surface area contributed by atoms with Gasteiger partial charge in [-0.3, -0.25) is 14.4 Å². The predicted molar refractivity (Wildman–Crippen MR) is 169 cm³/mol. The van der Waals surface area contributed by atoms with Crippen LogP contribution in [-0.4, -0.2) is 223 Å². The standard InChI is InChI=1S/C30H51N3O21/c1-8(37)31-15-22(44)18(40)11(4-34)51-29(15)53-26-17(33-10(3)39)28(50-13(6-36)20(26)42)48-7-14-21(43)25(16(27(47)49-14)32-9(2)38)54-30-24(46)23(45)19(41)12(5-35)52-30/h11-30,34-36,40-47H,4-7H2,1-3H3,(H,31,37)(H,32,38)(H,33,39)/t11-,12-,13-,14-,15-,16-,17-,18+,19+,20-,21+,22-,23+,24-,25-,26-,27+,28-,29+,30+/m1/s1. The van der Waals surface area contributed by atoms with E-state index in [4.69, 9.17) is 33.2 Å². The Labute approximate surface area is 307 Å². The molecule has 0 aromatic heterocycles. The molecule has 24 nitrogen and oxygen atoms in total. The van der Waals surface area contributed by atoms with Gasteiger partial charge in [-0.2, -0.15) is 0 Å². The van der Waals surface area contributed by atoms with Crippen molar-refractivity contribution in [3.05, 3.63) is 0 Å². The summed E-state index contributed by atoms with van der Waals surface area (Å²) in [6, 6.07) is -4.52. The topological polar surface area (TPSA) is 374 Å². The van der Waals surface area contributed by atoms with Gasteiger partial charge in [0.15, 0.2) is 25.2 Å². The Hall–Kier alpha value is -2.31. The van der Waals surface area contributed by atoms with E-state index in [1.807, 2.05) is 0 Å². The molecule has 4 aliphatic rings. The van der Waals surface area contributed by atoms with Crippen LogP contribution in [-0.2, 0) is 47.5 Å². The van der Waals surface area contributed by atoms with Gasteiger partial charge in [0.2, 0.25) is 17.7 Å². The molecular formula is C30H51N3O21. The van der Waals surface area contributed by atoms with E-state index in [1.54, 1.807) is 0 Å². The van der Waals surface area contributed by atoms with Crippen LogP contribution >= 0.6 is 0 Å². The Morgan fingerprint density at radius 1 is 0.481 bits per heavy atom. The molecule has 0 spiro atoms. The van der Waals surface area contributed by atoms with Crippen molar-refractivity contribution in [3.63, 3.8) is 0 Å². The van der Waals surface area contributed by atoms with Crippen LogP contribution in [0.5, 0.6) is 0 Å². The third-order valence-electron chi connectivity index (χ3n) is 9.39. The number of hydrogen-bond donors (Lipinski definition) is 14. The summed E-state index contributed by atoms with van der Waals surface area (Å²) in [5, 5.41) is 122. The van der Waals surface area contributed by atoms with Crippen LogP contribution in [0.4, 0.5) is 0 Å². The van der Waals surface area contributed by atoms with Gasteiger partial charge in [0.05, 0.1) is 26.4 Å². The summed E-state index contributed by atoms with van der Waals surface area (Å²) in [6.07, 6.45) is -29.0. The molecule has 0 radical (unpaired) electrons. The lowest BCUT2D eigenvalue weighted by Gasteiger charge is -2.49. The molecule has 0 aromatic rings. The molecule has 0 aliphatic carbocycles. The third kappa shape index (κ3) is 9.97. The number of amides is 3. The van der Waals surface area contributed by atoms with E-state index in [0.717, 1.165) is 20.8 Å². The van der Waals surface area contributed by atoms with Gasteiger partial charge in [-0.15, -0.1) is 0 Å². The van der Waals surface area contributed by atoms with E-state index in [-0.39, 0.29) is 0 Å². The monoisotopic (exact) mass is 789 g/mol. The average Bonchev–Trinajstić information content (AvgIpc) is 3.11. The highest BCUT2D eigenvalue weighted by Crippen LogP contribution is 2.32. The molecule has 14 N–H and O–H groups in total. The molecule has 4 saturated heterocycles. The second-order valence-electron chi connectivity index (χ2n) is 13.4. The van der Waals surface area contributed by atoms with Gasteiger partial charge in [0.1, 0.15) is 97.5 Å². The zero-order valence-corrected chi connectivity index (χ0v) is 29.4. The number of aliphatic hydroxyl groups is 11. The molecule has 4 rings (SSSR count). The van der Waals surface area contributed by atoms with Crippen molar-refractivity contribution in [2.24, 2.45) is 0 Å². The summed E-state index contributed by atoms with van der Waals surface area (Å²) >= 11 is 0. The van der Waals surface area contributed by atoms with Crippen molar-refractivity contribution < 1.29 is 104 Å². The molecule has 20 atom stereocenters. The highest BCUT2D eigenvalue weighted by molar-refractivity contribution is 5.74. The van der Waals surface area contributed by atoms with E-state index >= 15 is 0 Å². The van der Waals surface area contributed by atoms with Gasteiger partial charge in [0, 0.05) is 20.8 Å². The van der Waals surface area contributed by atoms with Crippen LogP contribution in [0.3, 0.4) is 0 Å². The van der Waals surface area contributed by atoms with Crippen LogP contribution in [0.15, 0.2) is 0 Å². The lowest BCUT2D eigenvalue weighted by Crippen LogP contribution is -2.70. The zero-order valence-electron chi connectivity index (χ0n) is 29.4. The first-order valence-electron chi connectivity index (χ1n) is 17.1. The van der Waals surface area contributed by atoms with Crippen LogP contribution in [0.25, 0.3) is 0 Å². The Morgan fingerprint density at radius 2 is 0.907 bits per heavy atom. The third-order valence-corrected chi connectivity index (χ3v) is 9.39. The molecule has 4 heterocycles. The van der Waals surface area contributed by atoms with E-state index < -0.39 is 167 Å². The number of carbonyl (C=O) groups excluding carboxylic acids is 3. The van der Waals surface area contributed by atoms with Gasteiger partial charge in [0.25, 0.3) is 0 Å². The molecule has 4 fully saturated rings. The summed E-state index contributed by atoms with van der Waals surface area (Å²) in [6.45, 7) is 0.0599. The van der Waals surface area contributed by atoms with Crippen molar-refractivity contribution in [2.75, 3.05) is 26.4 Å². The number of rotatable bonds is 13. The number of nitrogens with one attached hydrogen (secondary N) is 3. The van der Waals surface area contributed by atoms with Crippen LogP contribution < -0.4 is 16.0 Å². The number of hydrogen-bond acceptors (Lipinski definition) is 21. The summed E-state index contributed by atoms with van der Waals surface area (Å²) in [5.74, 6) is -2.12. The van der Waals surface area contributed by atoms with Crippen LogP contribution in [0.2, 0.25) is 0 Å². The molecule has 3 amide bonds. The molecule has 0 bridgehead atoms. The molecule has 0 unspecified atom stereocenters. The van der Waals surface area contributed by atoms with Gasteiger partial charge in [-0.05, 0) is 0 Å². The maximum atomic E-state index is 12.4. The van der Waals surface area contributed by atoms with Crippen molar-refractivity contribution in [3.8, 4) is 0 Å². The van der Waals surface area contributed by atoms with E-state index in [0.29, 0.717) is 0 Å². The van der Waals surface area contributed by atoms with Crippen molar-refractivity contribution in [1.82, 2.24) is 16.0 Å². The van der Waals surface area contributed by atoms with Gasteiger partial charge >= 0.3 is 0 Å². The van der Waals surface area contributed by atoms with Crippen LogP contribution in [0, 0.1) is 0 Å². The Morgan fingerprint density at radius 3 is 1.46 bits per heavy atom. The Kier molecular flexibility index (Phi) is 15.8. The average molecular weight is 790 g/mol. The minimum atomic E-state index is -1.94. The highest BCUT2D eigenvalue weighted by atomic mass is 16.7. The highest BCUT2D eigenvalue weighted by Gasteiger charge is 2.54.